The largest absolute Gasteiger partial charge is 0.490 e. The number of nitrogens with one attached hydrogen (secondary N) is 1. The molecule has 5 aromatic rings. The first-order valence-corrected chi connectivity index (χ1v) is 16.3. The molecule has 8 nitrogen and oxygen atoms in total. The van der Waals surface area contributed by atoms with Crippen molar-refractivity contribution in [2.75, 3.05) is 40.5 Å². The van der Waals surface area contributed by atoms with Crippen molar-refractivity contribution in [3.8, 4) is 39.5 Å². The van der Waals surface area contributed by atoms with Gasteiger partial charge in [0, 0.05) is 83.9 Å². The maximum absolute atomic E-state index is 16.0. The van der Waals surface area contributed by atoms with Crippen molar-refractivity contribution >= 4 is 21.4 Å². The van der Waals surface area contributed by atoms with Crippen LogP contribution in [0, 0.1) is 11.6 Å². The zero-order valence-electron chi connectivity index (χ0n) is 25.9. The Morgan fingerprint density at radius 1 is 1.09 bits per heavy atom. The minimum Gasteiger partial charge on any atom is -0.490 e. The summed E-state index contributed by atoms with van der Waals surface area (Å²) in [5, 5.41) is 11.4. The minimum absolute atomic E-state index is 0.0967. The molecule has 0 amide bonds. The van der Waals surface area contributed by atoms with Gasteiger partial charge in [-0.25, -0.2) is 13.8 Å². The molecule has 6 heterocycles. The SMILES string of the molecule is CC[C@@H]1NCCn2nc(-c3nc(-c4cnc5c(c4)[C@@H](C)N(C)CC5)c4ccsc4c3-c3c(F)cc(F)cc3OCCOC)cc21. The fraction of sp³-hybridized carbons (Fsp3) is 0.382. The molecule has 0 unspecified atom stereocenters. The van der Waals surface area contributed by atoms with Crippen molar-refractivity contribution in [2.45, 2.75) is 45.3 Å². The summed E-state index contributed by atoms with van der Waals surface area (Å²) in [7, 11) is 3.69. The first-order chi connectivity index (χ1) is 21.9. The molecule has 45 heavy (non-hydrogen) atoms. The smallest absolute Gasteiger partial charge is 0.137 e. The highest BCUT2D eigenvalue weighted by atomic mass is 32.1. The molecule has 2 aliphatic rings. The Kier molecular flexibility index (Phi) is 8.11. The van der Waals surface area contributed by atoms with Gasteiger partial charge in [-0.2, -0.15) is 5.10 Å². The van der Waals surface area contributed by atoms with Gasteiger partial charge in [-0.05, 0) is 49.5 Å². The monoisotopic (exact) mass is 630 g/mol. The summed E-state index contributed by atoms with van der Waals surface area (Å²) < 4.78 is 44.6. The molecule has 4 aromatic heterocycles. The average Bonchev–Trinajstić information content (AvgIpc) is 3.70. The second-order valence-corrected chi connectivity index (χ2v) is 12.6. The number of methoxy groups -OCH3 is 1. The Morgan fingerprint density at radius 3 is 2.78 bits per heavy atom. The number of ether oxygens (including phenoxy) is 2. The molecule has 0 saturated carbocycles. The molecule has 7 rings (SSSR count). The van der Waals surface area contributed by atoms with Gasteiger partial charge in [-0.15, -0.1) is 11.3 Å². The van der Waals surface area contributed by atoms with Gasteiger partial charge in [0.1, 0.15) is 35.4 Å². The van der Waals surface area contributed by atoms with E-state index >= 15 is 4.39 Å². The molecule has 0 bridgehead atoms. The Balaban J connectivity index is 1.50. The maximum atomic E-state index is 16.0. The number of likely N-dealkylation sites (N-methyl/N-ethyl adjacent to an activating group) is 1. The second kappa shape index (κ2) is 12.2. The van der Waals surface area contributed by atoms with E-state index in [1.165, 1.54) is 23.0 Å². The van der Waals surface area contributed by atoms with Gasteiger partial charge in [0.2, 0.25) is 0 Å². The van der Waals surface area contributed by atoms with Crippen molar-refractivity contribution in [1.29, 1.82) is 0 Å². The van der Waals surface area contributed by atoms with Crippen LogP contribution in [0.4, 0.5) is 8.78 Å². The highest BCUT2D eigenvalue weighted by molar-refractivity contribution is 7.18. The van der Waals surface area contributed by atoms with E-state index in [1.54, 1.807) is 7.11 Å². The lowest BCUT2D eigenvalue weighted by molar-refractivity contribution is 0.146. The number of pyridine rings is 2. The normalized spacial score (nSPS) is 18.3. The molecule has 234 valence electrons. The summed E-state index contributed by atoms with van der Waals surface area (Å²) in [4.78, 5) is 12.5. The first-order valence-electron chi connectivity index (χ1n) is 15.4. The van der Waals surface area contributed by atoms with Crippen LogP contribution in [0.15, 0.2) is 41.9 Å². The summed E-state index contributed by atoms with van der Waals surface area (Å²) in [5.74, 6) is -1.34. The third kappa shape index (κ3) is 5.31. The van der Waals surface area contributed by atoms with E-state index < -0.39 is 11.6 Å². The predicted molar refractivity (Wildman–Crippen MR) is 173 cm³/mol. The van der Waals surface area contributed by atoms with Crippen molar-refractivity contribution in [2.24, 2.45) is 0 Å². The number of thiophene rings is 1. The molecule has 0 aliphatic carbocycles. The van der Waals surface area contributed by atoms with Gasteiger partial charge in [-0.1, -0.05) is 6.92 Å². The van der Waals surface area contributed by atoms with Crippen LogP contribution in [0.25, 0.3) is 43.9 Å². The molecule has 0 radical (unpaired) electrons. The highest BCUT2D eigenvalue weighted by Crippen LogP contribution is 2.47. The second-order valence-electron chi connectivity index (χ2n) is 11.7. The molecule has 11 heteroatoms. The molecular formula is C34H36F2N6O2S. The van der Waals surface area contributed by atoms with Crippen LogP contribution in [0.5, 0.6) is 5.75 Å². The fourth-order valence-corrected chi connectivity index (χ4v) is 7.48. The van der Waals surface area contributed by atoms with Gasteiger partial charge in [0.15, 0.2) is 0 Å². The topological polar surface area (TPSA) is 77.3 Å². The summed E-state index contributed by atoms with van der Waals surface area (Å²) >= 11 is 1.49. The number of fused-ring (bicyclic) bond motifs is 3. The van der Waals surface area contributed by atoms with Crippen molar-refractivity contribution in [3.63, 3.8) is 0 Å². The number of benzene rings is 1. The molecular weight excluding hydrogens is 594 g/mol. The zero-order chi connectivity index (χ0) is 31.2. The summed E-state index contributed by atoms with van der Waals surface area (Å²) in [6, 6.07) is 8.74. The lowest BCUT2D eigenvalue weighted by atomic mass is 9.94. The number of hydrogen-bond acceptors (Lipinski definition) is 8. The Labute approximate surface area is 265 Å². The lowest BCUT2D eigenvalue weighted by Gasteiger charge is -2.31. The summed E-state index contributed by atoms with van der Waals surface area (Å²) in [6.07, 6.45) is 3.69. The number of rotatable bonds is 8. The van der Waals surface area contributed by atoms with Crippen LogP contribution >= 0.6 is 11.3 Å². The molecule has 0 spiro atoms. The predicted octanol–water partition coefficient (Wildman–Crippen LogP) is 6.80. The molecule has 2 atom stereocenters. The average molecular weight is 631 g/mol. The van der Waals surface area contributed by atoms with E-state index in [9.17, 15) is 4.39 Å². The number of nitrogens with zero attached hydrogens (tertiary/aromatic N) is 5. The molecule has 1 N–H and O–H groups in total. The van der Waals surface area contributed by atoms with Crippen LogP contribution in [-0.4, -0.2) is 65.1 Å². The van der Waals surface area contributed by atoms with E-state index in [-0.39, 0.29) is 36.6 Å². The molecule has 2 aliphatic heterocycles. The van der Waals surface area contributed by atoms with E-state index in [4.69, 9.17) is 24.5 Å². The van der Waals surface area contributed by atoms with Crippen LogP contribution in [-0.2, 0) is 17.7 Å². The number of hydrogen-bond donors (Lipinski definition) is 1. The maximum Gasteiger partial charge on any atom is 0.137 e. The van der Waals surface area contributed by atoms with Gasteiger partial charge < -0.3 is 14.8 Å². The van der Waals surface area contributed by atoms with Crippen LogP contribution in [0.3, 0.4) is 0 Å². The Hall–Kier alpha value is -3.77. The van der Waals surface area contributed by atoms with Crippen molar-refractivity contribution in [3.05, 3.63) is 70.5 Å². The summed E-state index contributed by atoms with van der Waals surface area (Å²) in [6.45, 7) is 7.22. The van der Waals surface area contributed by atoms with Crippen molar-refractivity contribution in [1.82, 2.24) is 30.0 Å². The van der Waals surface area contributed by atoms with Gasteiger partial charge in [-0.3, -0.25) is 14.6 Å². The third-order valence-electron chi connectivity index (χ3n) is 9.04. The van der Waals surface area contributed by atoms with Gasteiger partial charge >= 0.3 is 0 Å². The third-order valence-corrected chi connectivity index (χ3v) is 9.98. The fourth-order valence-electron chi connectivity index (χ4n) is 6.54. The standard InChI is InChI=1S/C34H36F2N6O2S/c1-5-25-28-17-27(40-42(28)10-8-37-25)33-31(30-24(36)15-21(35)16-29(30)44-12-11-43-4)34-22(7-13-45-34)32(39-33)20-14-23-19(2)41(3)9-6-26(23)38-18-20/h7,13-19,25,37H,5-6,8-12H2,1-4H3/t19-,25+/m1/s1. The zero-order valence-corrected chi connectivity index (χ0v) is 26.7. The Bertz CT molecular complexity index is 1890. The van der Waals surface area contributed by atoms with Gasteiger partial charge in [0.25, 0.3) is 0 Å². The highest BCUT2D eigenvalue weighted by Gasteiger charge is 2.30. The molecule has 0 saturated heterocycles. The van der Waals surface area contributed by atoms with E-state index in [0.717, 1.165) is 64.7 Å². The van der Waals surface area contributed by atoms with Crippen LogP contribution in [0.2, 0.25) is 0 Å². The van der Waals surface area contributed by atoms with Crippen LogP contribution in [0.1, 0.15) is 49.3 Å². The van der Waals surface area contributed by atoms with Gasteiger partial charge in [0.05, 0.1) is 30.1 Å². The quantitative estimate of drug-likeness (QED) is 0.189. The van der Waals surface area contributed by atoms with E-state index in [0.29, 0.717) is 23.5 Å². The van der Waals surface area contributed by atoms with E-state index in [1.807, 2.05) is 28.4 Å². The number of aromatic nitrogens is 4. The summed E-state index contributed by atoms with van der Waals surface area (Å²) in [5.41, 5.74) is 6.82. The molecule has 1 aromatic carbocycles. The number of halogens is 2. The molecule has 0 fully saturated rings. The van der Waals surface area contributed by atoms with Crippen LogP contribution < -0.4 is 10.1 Å². The lowest BCUT2D eigenvalue weighted by Crippen LogP contribution is -2.33. The first kappa shape index (κ1) is 29.9. The van der Waals surface area contributed by atoms with E-state index in [2.05, 4.69) is 37.2 Å². The minimum atomic E-state index is -0.725. The Morgan fingerprint density at radius 2 is 1.96 bits per heavy atom. The van der Waals surface area contributed by atoms with Crippen molar-refractivity contribution < 1.29 is 18.3 Å².